The highest BCUT2D eigenvalue weighted by Gasteiger charge is 2.29. The van der Waals surface area contributed by atoms with E-state index >= 15 is 0 Å². The fourth-order valence-corrected chi connectivity index (χ4v) is 4.42. The molecule has 0 radical (unpaired) electrons. The lowest BCUT2D eigenvalue weighted by Gasteiger charge is -2.27. The second-order valence-corrected chi connectivity index (χ2v) is 7.71. The molecule has 1 heterocycles. The molecule has 3 rings (SSSR count). The predicted octanol–water partition coefficient (Wildman–Crippen LogP) is 2.38. The molecule has 0 amide bonds. The molecule has 2 aromatic rings. The largest absolute Gasteiger partial charge is 0.497 e. The van der Waals surface area contributed by atoms with Crippen LogP contribution in [0.2, 0.25) is 0 Å². The van der Waals surface area contributed by atoms with Crippen LogP contribution in [0.4, 0.5) is 0 Å². The Kier molecular flexibility index (Phi) is 5.76. The van der Waals surface area contributed by atoms with Gasteiger partial charge in [0.05, 0.1) is 26.9 Å². The maximum Gasteiger partial charge on any atom is 0.244 e. The summed E-state index contributed by atoms with van der Waals surface area (Å²) in [7, 11) is -0.918. The molecule has 7 nitrogen and oxygen atoms in total. The van der Waals surface area contributed by atoms with Crippen molar-refractivity contribution in [2.24, 2.45) is 0 Å². The number of hydrogen-bond acceptors (Lipinski definition) is 6. The van der Waals surface area contributed by atoms with E-state index in [1.165, 1.54) is 20.3 Å². The van der Waals surface area contributed by atoms with Crippen molar-refractivity contribution < 1.29 is 27.4 Å². The Balaban J connectivity index is 1.83. The third-order valence-electron chi connectivity index (χ3n) is 4.24. The lowest BCUT2D eigenvalue weighted by atomic mass is 10.0. The molecule has 0 bridgehead atoms. The van der Waals surface area contributed by atoms with Gasteiger partial charge in [0.1, 0.15) is 23.0 Å². The van der Waals surface area contributed by atoms with Gasteiger partial charge in [-0.2, -0.15) is 0 Å². The Hall–Kier alpha value is -2.45. The predicted molar refractivity (Wildman–Crippen MR) is 100 cm³/mol. The Morgan fingerprint density at radius 1 is 1.15 bits per heavy atom. The van der Waals surface area contributed by atoms with Crippen LogP contribution in [0, 0.1) is 0 Å². The molecule has 1 aliphatic heterocycles. The second kappa shape index (κ2) is 8.06. The van der Waals surface area contributed by atoms with Crippen molar-refractivity contribution in [2.75, 3.05) is 27.4 Å². The minimum absolute atomic E-state index is 0.0261. The number of fused-ring (bicyclic) bond motifs is 1. The average molecular weight is 393 g/mol. The first-order valence-corrected chi connectivity index (χ1v) is 10.1. The van der Waals surface area contributed by atoms with Crippen LogP contribution >= 0.6 is 0 Å². The molecule has 1 N–H and O–H groups in total. The summed E-state index contributed by atoms with van der Waals surface area (Å²) in [4.78, 5) is 0.0261. The van der Waals surface area contributed by atoms with Gasteiger partial charge in [-0.3, -0.25) is 0 Å². The molecular formula is C19H23NO6S. The summed E-state index contributed by atoms with van der Waals surface area (Å²) >= 11 is 0. The average Bonchev–Trinajstić information content (AvgIpc) is 2.67. The van der Waals surface area contributed by atoms with Gasteiger partial charge in [-0.25, -0.2) is 13.1 Å². The fraction of sp³-hybridized carbons (Fsp3) is 0.368. The van der Waals surface area contributed by atoms with E-state index in [1.807, 2.05) is 25.1 Å². The third-order valence-corrected chi connectivity index (χ3v) is 5.78. The van der Waals surface area contributed by atoms with Crippen molar-refractivity contribution in [3.63, 3.8) is 0 Å². The Bertz CT molecular complexity index is 912. The molecule has 1 aliphatic rings. The van der Waals surface area contributed by atoms with Crippen molar-refractivity contribution in [1.82, 2.24) is 4.72 Å². The van der Waals surface area contributed by atoms with Gasteiger partial charge in [-0.1, -0.05) is 12.1 Å². The molecule has 0 saturated carbocycles. The summed E-state index contributed by atoms with van der Waals surface area (Å²) in [6.07, 6.45) is 0.502. The smallest absolute Gasteiger partial charge is 0.244 e. The van der Waals surface area contributed by atoms with Crippen LogP contribution in [-0.2, 0) is 16.4 Å². The minimum Gasteiger partial charge on any atom is -0.497 e. The molecule has 0 spiro atoms. The molecular weight excluding hydrogens is 370 g/mol. The van der Waals surface area contributed by atoms with Crippen LogP contribution < -0.4 is 23.7 Å². The Labute approximate surface area is 159 Å². The summed E-state index contributed by atoms with van der Waals surface area (Å²) in [6.45, 7) is 2.65. The standard InChI is InChI=1S/C19H23NO6S/c1-4-25-17-7-5-6-13-10-14(12-26-19(13)17)20-27(21,22)18-11-15(23-2)8-9-16(18)24-3/h5-9,11,14,20H,4,10,12H2,1-3H3/t14-/m1/s1. The van der Waals surface area contributed by atoms with Crippen molar-refractivity contribution in [3.8, 4) is 23.0 Å². The first-order valence-electron chi connectivity index (χ1n) is 8.60. The van der Waals surface area contributed by atoms with Gasteiger partial charge < -0.3 is 18.9 Å². The van der Waals surface area contributed by atoms with Crippen LogP contribution in [0.5, 0.6) is 23.0 Å². The van der Waals surface area contributed by atoms with E-state index in [0.717, 1.165) is 5.56 Å². The SMILES string of the molecule is CCOc1cccc2c1OC[C@H](NS(=O)(=O)c1cc(OC)ccc1OC)C2. The molecule has 0 saturated heterocycles. The zero-order valence-corrected chi connectivity index (χ0v) is 16.3. The molecule has 0 fully saturated rings. The highest BCUT2D eigenvalue weighted by Crippen LogP contribution is 2.35. The topological polar surface area (TPSA) is 83.1 Å². The van der Waals surface area contributed by atoms with Crippen LogP contribution in [0.15, 0.2) is 41.3 Å². The zero-order valence-electron chi connectivity index (χ0n) is 15.5. The van der Waals surface area contributed by atoms with Crippen molar-refractivity contribution in [3.05, 3.63) is 42.0 Å². The highest BCUT2D eigenvalue weighted by molar-refractivity contribution is 7.89. The van der Waals surface area contributed by atoms with E-state index in [1.54, 1.807) is 12.1 Å². The quantitative estimate of drug-likeness (QED) is 0.778. The number of sulfonamides is 1. The molecule has 2 aromatic carbocycles. The summed E-state index contributed by atoms with van der Waals surface area (Å²) in [5.74, 6) is 2.03. The van der Waals surface area contributed by atoms with Crippen molar-refractivity contribution in [1.29, 1.82) is 0 Å². The molecule has 27 heavy (non-hydrogen) atoms. The maximum absolute atomic E-state index is 12.9. The van der Waals surface area contributed by atoms with Crippen LogP contribution in [0.3, 0.4) is 0 Å². The van der Waals surface area contributed by atoms with E-state index in [4.69, 9.17) is 18.9 Å². The van der Waals surface area contributed by atoms with Crippen LogP contribution in [0.1, 0.15) is 12.5 Å². The maximum atomic E-state index is 12.9. The normalized spacial score (nSPS) is 16.2. The van der Waals surface area contributed by atoms with E-state index < -0.39 is 16.1 Å². The number of nitrogens with one attached hydrogen (secondary N) is 1. The molecule has 0 aromatic heterocycles. The Morgan fingerprint density at radius 3 is 2.67 bits per heavy atom. The molecule has 1 atom stereocenters. The zero-order chi connectivity index (χ0) is 19.4. The van der Waals surface area contributed by atoms with E-state index in [-0.39, 0.29) is 17.3 Å². The van der Waals surface area contributed by atoms with Gasteiger partial charge >= 0.3 is 0 Å². The summed E-state index contributed by atoms with van der Waals surface area (Å²) in [5.41, 5.74) is 0.900. The number of ether oxygens (including phenoxy) is 4. The van der Waals surface area contributed by atoms with E-state index in [9.17, 15) is 8.42 Å². The molecule has 0 aliphatic carbocycles. The van der Waals surface area contributed by atoms with E-state index in [0.29, 0.717) is 30.3 Å². The molecule has 0 unspecified atom stereocenters. The summed E-state index contributed by atoms with van der Waals surface area (Å²) < 4.78 is 50.2. The van der Waals surface area contributed by atoms with E-state index in [2.05, 4.69) is 4.72 Å². The van der Waals surface area contributed by atoms with Gasteiger partial charge in [0, 0.05) is 6.07 Å². The molecule has 8 heteroatoms. The van der Waals surface area contributed by atoms with Gasteiger partial charge in [0.25, 0.3) is 0 Å². The number of hydrogen-bond donors (Lipinski definition) is 1. The van der Waals surface area contributed by atoms with Crippen molar-refractivity contribution in [2.45, 2.75) is 24.3 Å². The van der Waals surface area contributed by atoms with Gasteiger partial charge in [-0.05, 0) is 37.1 Å². The number of benzene rings is 2. The number of para-hydroxylation sites is 1. The highest BCUT2D eigenvalue weighted by atomic mass is 32.2. The van der Waals surface area contributed by atoms with Gasteiger partial charge in [-0.15, -0.1) is 0 Å². The minimum atomic E-state index is -3.82. The van der Waals surface area contributed by atoms with Gasteiger partial charge in [0.15, 0.2) is 11.5 Å². The lowest BCUT2D eigenvalue weighted by Crippen LogP contribution is -2.42. The number of rotatable bonds is 7. The Morgan fingerprint density at radius 2 is 1.96 bits per heavy atom. The fourth-order valence-electron chi connectivity index (χ4n) is 3.02. The van der Waals surface area contributed by atoms with Crippen molar-refractivity contribution >= 4 is 10.0 Å². The van der Waals surface area contributed by atoms with Crippen LogP contribution in [0.25, 0.3) is 0 Å². The van der Waals surface area contributed by atoms with Crippen LogP contribution in [-0.4, -0.2) is 41.9 Å². The second-order valence-electron chi connectivity index (χ2n) is 6.03. The number of methoxy groups -OCH3 is 2. The summed E-state index contributed by atoms with van der Waals surface area (Å²) in [5, 5.41) is 0. The molecule has 146 valence electrons. The first kappa shape index (κ1) is 19.3. The summed E-state index contributed by atoms with van der Waals surface area (Å²) in [6, 6.07) is 9.86. The first-order chi connectivity index (χ1) is 13.0. The lowest BCUT2D eigenvalue weighted by molar-refractivity contribution is 0.233. The van der Waals surface area contributed by atoms with Gasteiger partial charge in [0.2, 0.25) is 10.0 Å². The third kappa shape index (κ3) is 4.12. The monoisotopic (exact) mass is 393 g/mol.